The first-order valence-electron chi connectivity index (χ1n) is 17.9. The van der Waals surface area contributed by atoms with E-state index in [0.717, 1.165) is 16.7 Å². The van der Waals surface area contributed by atoms with Crippen molar-refractivity contribution in [2.75, 3.05) is 26.1 Å². The lowest BCUT2D eigenvalue weighted by Gasteiger charge is -2.42. The number of methoxy groups -OCH3 is 1. The maximum absolute atomic E-state index is 14.1. The molecule has 3 heterocycles. The van der Waals surface area contributed by atoms with Crippen LogP contribution in [0.15, 0.2) is 35.9 Å². The number of epoxide rings is 1. The van der Waals surface area contributed by atoms with Crippen molar-refractivity contribution in [3.05, 3.63) is 52.1 Å². The van der Waals surface area contributed by atoms with E-state index < -0.39 is 59.8 Å². The Kier molecular flexibility index (Phi) is 12.6. The van der Waals surface area contributed by atoms with Gasteiger partial charge in [0.15, 0.2) is 5.72 Å². The van der Waals surface area contributed by atoms with Crippen LogP contribution in [0.25, 0.3) is 0 Å². The predicted octanol–water partition coefficient (Wildman–Crippen LogP) is 5.64. The fourth-order valence-corrected chi connectivity index (χ4v) is 7.15. The molecular weight excluding hydrogens is 690 g/mol. The smallest absolute Gasteiger partial charge is 0.409 e. The van der Waals surface area contributed by atoms with Crippen LogP contribution in [0.2, 0.25) is 5.02 Å². The molecule has 3 amide bonds. The van der Waals surface area contributed by atoms with E-state index in [9.17, 15) is 24.3 Å². The molecule has 4 rings (SSSR count). The van der Waals surface area contributed by atoms with Gasteiger partial charge in [-0.2, -0.15) is 0 Å². The highest BCUT2D eigenvalue weighted by atomic mass is 35.5. The van der Waals surface area contributed by atoms with Gasteiger partial charge in [-0.05, 0) is 63.1 Å². The molecule has 0 spiro atoms. The van der Waals surface area contributed by atoms with E-state index in [1.54, 1.807) is 40.1 Å². The van der Waals surface area contributed by atoms with Gasteiger partial charge in [0, 0.05) is 40.0 Å². The summed E-state index contributed by atoms with van der Waals surface area (Å²) < 4.78 is 23.7. The third-order valence-corrected chi connectivity index (χ3v) is 11.1. The molecule has 0 saturated carbocycles. The number of aliphatic hydroxyl groups is 1. The summed E-state index contributed by atoms with van der Waals surface area (Å²) in [6.07, 6.45) is 2.20. The second-order valence-electron chi connectivity index (χ2n) is 16.1. The second kappa shape index (κ2) is 15.9. The Labute approximate surface area is 312 Å². The van der Waals surface area contributed by atoms with Gasteiger partial charge in [-0.25, -0.2) is 9.59 Å². The Morgan fingerprint density at radius 2 is 1.90 bits per heavy atom. The largest absolute Gasteiger partial charge is 0.457 e. The quantitative estimate of drug-likeness (QED) is 0.279. The number of alkyl carbamates (subject to hydrolysis) is 1. The van der Waals surface area contributed by atoms with Crippen molar-refractivity contribution in [3.63, 3.8) is 0 Å². The molecule has 1 aromatic rings. The lowest BCUT2D eigenvalue weighted by atomic mass is 9.83. The topological polar surface area (TPSA) is 147 Å². The summed E-state index contributed by atoms with van der Waals surface area (Å²) >= 11 is 6.77. The van der Waals surface area contributed by atoms with Crippen molar-refractivity contribution >= 4 is 41.2 Å². The SMILES string of the molecule is CO[C@@H]1/C=C/C=C(\C)Cc2cc(C)c(Cl)c(c2)N(C)C(=O)C[C@H](OC(=O)[C@H](C)N(C)C(=O)CCC(C)(C)C)[C@]2(C)O[C@@H]2[C@@H](C)[C@@H]2C[C@@]1(O)NC(=O)O2. The molecule has 12 nitrogen and oxygen atoms in total. The number of hydrogen-bond acceptors (Lipinski definition) is 9. The highest BCUT2D eigenvalue weighted by Gasteiger charge is 2.64. The van der Waals surface area contributed by atoms with Gasteiger partial charge in [0.1, 0.15) is 30.0 Å². The highest BCUT2D eigenvalue weighted by Crippen LogP contribution is 2.49. The average molecular weight is 746 g/mol. The molecule has 52 heavy (non-hydrogen) atoms. The Balaban J connectivity index is 1.72. The number of rotatable bonds is 6. The summed E-state index contributed by atoms with van der Waals surface area (Å²) in [5.41, 5.74) is 0.145. The number of aryl methyl sites for hydroxylation is 1. The van der Waals surface area contributed by atoms with Gasteiger partial charge in [-0.1, -0.05) is 69.2 Å². The van der Waals surface area contributed by atoms with Crippen molar-refractivity contribution < 1.29 is 43.2 Å². The molecule has 8 atom stereocenters. The first kappa shape index (κ1) is 41.3. The molecule has 2 saturated heterocycles. The number of allylic oxidation sites excluding steroid dienone is 3. The third-order valence-electron chi connectivity index (χ3n) is 10.6. The Morgan fingerprint density at radius 1 is 1.23 bits per heavy atom. The maximum atomic E-state index is 14.1. The number of amides is 3. The second-order valence-corrected chi connectivity index (χ2v) is 16.5. The van der Waals surface area contributed by atoms with Crippen LogP contribution in [-0.4, -0.2) is 96.9 Å². The van der Waals surface area contributed by atoms with E-state index in [1.165, 1.54) is 16.9 Å². The van der Waals surface area contributed by atoms with Gasteiger partial charge in [-0.15, -0.1) is 0 Å². The van der Waals surface area contributed by atoms with E-state index in [0.29, 0.717) is 23.6 Å². The Bertz CT molecular complexity index is 1610. The van der Waals surface area contributed by atoms with Crippen molar-refractivity contribution in [3.8, 4) is 0 Å². The molecule has 2 fully saturated rings. The minimum absolute atomic E-state index is 0.0321. The fraction of sp³-hybridized carbons (Fsp3) is 0.641. The molecule has 0 aliphatic carbocycles. The summed E-state index contributed by atoms with van der Waals surface area (Å²) in [6, 6.07) is 2.88. The number of benzene rings is 1. The number of nitrogens with zero attached hydrogens (tertiary/aromatic N) is 2. The molecule has 3 aliphatic rings. The summed E-state index contributed by atoms with van der Waals surface area (Å²) in [6.45, 7) is 15.1. The highest BCUT2D eigenvalue weighted by molar-refractivity contribution is 6.34. The normalized spacial score (nSPS) is 32.0. The predicted molar refractivity (Wildman–Crippen MR) is 198 cm³/mol. The summed E-state index contributed by atoms with van der Waals surface area (Å²) in [5.74, 6) is -1.77. The number of hydrogen-bond donors (Lipinski definition) is 2. The number of esters is 1. The van der Waals surface area contributed by atoms with Gasteiger partial charge < -0.3 is 33.9 Å². The van der Waals surface area contributed by atoms with E-state index in [4.69, 9.17) is 30.5 Å². The number of carbonyl (C=O) groups is 4. The maximum Gasteiger partial charge on any atom is 0.409 e. The number of ether oxygens (including phenoxy) is 4. The molecule has 4 bridgehead atoms. The average Bonchev–Trinajstić information content (AvgIpc) is 3.76. The molecular formula is C39H56ClN3O9. The van der Waals surface area contributed by atoms with E-state index in [-0.39, 0.29) is 36.5 Å². The number of likely N-dealkylation sites (N-methyl/N-ethyl adjacent to an activating group) is 1. The molecule has 0 radical (unpaired) electrons. The standard InChI is InChI=1S/C39H56ClN3O9/c1-22-13-12-14-29(49-11)39(48)21-28(50-36(47)41-39)24(3)34-38(8,52-34)30(51-35(46)25(4)42(9)31(44)15-16-37(5,6)7)20-32(45)43(10)27-19-26(17-22)18-23(2)33(27)40/h12-14,18-19,24-25,28-30,34,48H,15-17,20-21H2,1-11H3,(H,41,47)/b14-12+,22-13+/t24-,25-,28-,29+,30-,34+,38-,39-/m0/s1. The Morgan fingerprint density at radius 3 is 2.54 bits per heavy atom. The minimum Gasteiger partial charge on any atom is -0.457 e. The summed E-state index contributed by atoms with van der Waals surface area (Å²) in [4.78, 5) is 56.5. The zero-order valence-corrected chi connectivity index (χ0v) is 33.1. The number of halogens is 1. The fourth-order valence-electron chi connectivity index (χ4n) is 6.91. The van der Waals surface area contributed by atoms with Gasteiger partial charge in [-0.3, -0.25) is 14.9 Å². The van der Waals surface area contributed by atoms with Crippen LogP contribution in [-0.2, 0) is 39.8 Å². The third kappa shape index (κ3) is 9.37. The minimum atomic E-state index is -1.80. The van der Waals surface area contributed by atoms with Crippen LogP contribution in [0.4, 0.5) is 10.5 Å². The number of nitrogens with one attached hydrogen (secondary N) is 1. The lowest BCUT2D eigenvalue weighted by molar-refractivity contribution is -0.162. The molecule has 0 aromatic heterocycles. The molecule has 2 N–H and O–H groups in total. The van der Waals surface area contributed by atoms with E-state index in [1.807, 2.05) is 59.8 Å². The summed E-state index contributed by atoms with van der Waals surface area (Å²) in [5, 5.41) is 14.7. The van der Waals surface area contributed by atoms with Gasteiger partial charge >= 0.3 is 12.1 Å². The number of anilines is 1. The van der Waals surface area contributed by atoms with Gasteiger partial charge in [0.2, 0.25) is 11.8 Å². The van der Waals surface area contributed by atoms with E-state index in [2.05, 4.69) is 5.32 Å². The first-order chi connectivity index (χ1) is 24.1. The van der Waals surface area contributed by atoms with Crippen LogP contribution in [0.5, 0.6) is 0 Å². The first-order valence-corrected chi connectivity index (χ1v) is 18.3. The summed E-state index contributed by atoms with van der Waals surface area (Å²) in [7, 11) is 4.63. The zero-order chi connectivity index (χ0) is 38.9. The monoisotopic (exact) mass is 745 g/mol. The lowest BCUT2D eigenvalue weighted by Crippen LogP contribution is -2.63. The zero-order valence-electron chi connectivity index (χ0n) is 32.4. The van der Waals surface area contributed by atoms with Gasteiger partial charge in [0.25, 0.3) is 0 Å². The van der Waals surface area contributed by atoms with Crippen LogP contribution in [0.1, 0.15) is 85.3 Å². The molecule has 13 heteroatoms. The molecule has 1 aromatic carbocycles. The van der Waals surface area contributed by atoms with Crippen LogP contribution >= 0.6 is 11.6 Å². The molecule has 0 unspecified atom stereocenters. The Hall–Kier alpha value is -3.45. The van der Waals surface area contributed by atoms with Crippen LogP contribution < -0.4 is 10.2 Å². The van der Waals surface area contributed by atoms with Crippen molar-refractivity contribution in [1.29, 1.82) is 0 Å². The van der Waals surface area contributed by atoms with Crippen LogP contribution in [0, 0.1) is 18.3 Å². The van der Waals surface area contributed by atoms with Crippen LogP contribution in [0.3, 0.4) is 0 Å². The molecule has 3 aliphatic heterocycles. The van der Waals surface area contributed by atoms with Gasteiger partial charge in [0.05, 0.1) is 23.2 Å². The number of fused-ring (bicyclic) bond motifs is 5. The number of carbonyl (C=O) groups excluding carboxylic acids is 4. The van der Waals surface area contributed by atoms with E-state index >= 15 is 0 Å². The van der Waals surface area contributed by atoms with Crippen molar-refractivity contribution in [2.24, 2.45) is 11.3 Å². The van der Waals surface area contributed by atoms with Crippen molar-refractivity contribution in [2.45, 2.75) is 129 Å². The molecule has 288 valence electrons. The van der Waals surface area contributed by atoms with Crippen molar-refractivity contribution in [1.82, 2.24) is 10.2 Å².